The summed E-state index contributed by atoms with van der Waals surface area (Å²) >= 11 is 0. The molecule has 3 N–H and O–H groups in total. The van der Waals surface area contributed by atoms with Gasteiger partial charge in [-0.05, 0) is 0 Å². The van der Waals surface area contributed by atoms with E-state index in [-0.39, 0.29) is 18.4 Å². The number of rotatable bonds is 0. The molecular weight excluding hydrogens is 142 g/mol. The number of nitrogens with one attached hydrogen (secondary N) is 1. The van der Waals surface area contributed by atoms with Crippen LogP contribution in [0.5, 0.6) is 0 Å². The first-order chi connectivity index (χ1) is 3.80. The Balaban J connectivity index is 0.000000640. The average Bonchev–Trinajstić information content (AvgIpc) is 2.12. The number of halogens is 1. The lowest BCUT2D eigenvalue weighted by molar-refractivity contribution is 0.783. The summed E-state index contributed by atoms with van der Waals surface area (Å²) in [5.41, 5.74) is 4.98. The molecule has 50 valence electrons. The van der Waals surface area contributed by atoms with Crippen molar-refractivity contribution in [2.24, 2.45) is 5.73 Å². The maximum Gasteiger partial charge on any atom is 0.232 e. The van der Waals surface area contributed by atoms with Gasteiger partial charge in [-0.3, -0.25) is 5.41 Å². The van der Waals surface area contributed by atoms with Gasteiger partial charge in [0, 0.05) is 0 Å². The van der Waals surface area contributed by atoms with Gasteiger partial charge in [-0.2, -0.15) is 10.2 Å². The van der Waals surface area contributed by atoms with E-state index in [0.717, 1.165) is 4.80 Å². The minimum absolute atomic E-state index is 0. The molecule has 0 spiro atoms. The molecule has 0 saturated carbocycles. The summed E-state index contributed by atoms with van der Waals surface area (Å²) in [7, 11) is 0. The van der Waals surface area contributed by atoms with Crippen LogP contribution in [0.2, 0.25) is 0 Å². The molecule has 0 aliphatic heterocycles. The summed E-state index contributed by atoms with van der Waals surface area (Å²) in [4.78, 5) is 1.03. The minimum Gasteiger partial charge on any atom is -0.367 e. The molecule has 0 radical (unpaired) electrons. The zero-order valence-corrected chi connectivity index (χ0v) is 5.30. The van der Waals surface area contributed by atoms with E-state index in [0.29, 0.717) is 0 Å². The van der Waals surface area contributed by atoms with Crippen molar-refractivity contribution in [2.45, 2.75) is 0 Å². The molecule has 1 heterocycles. The number of nitrogens with zero attached hydrogens (tertiary/aromatic N) is 3. The topological polar surface area (TPSA) is 80.6 Å². The Morgan fingerprint density at radius 2 is 1.89 bits per heavy atom. The Kier molecular flexibility index (Phi) is 2.66. The first kappa shape index (κ1) is 7.90. The van der Waals surface area contributed by atoms with Gasteiger partial charge < -0.3 is 5.73 Å². The maximum atomic E-state index is 6.77. The number of aromatic nitrogens is 3. The van der Waals surface area contributed by atoms with Crippen LogP contribution >= 0.6 is 12.4 Å². The second-order valence-corrected chi connectivity index (χ2v) is 1.20. The monoisotopic (exact) mass is 147 g/mol. The Morgan fingerprint density at radius 3 is 2.11 bits per heavy atom. The third-order valence-corrected chi connectivity index (χ3v) is 0.634. The van der Waals surface area contributed by atoms with E-state index >= 15 is 0 Å². The van der Waals surface area contributed by atoms with Crippen LogP contribution in [0.25, 0.3) is 0 Å². The van der Waals surface area contributed by atoms with Gasteiger partial charge in [-0.25, -0.2) is 0 Å². The zero-order chi connectivity index (χ0) is 5.98. The maximum absolute atomic E-state index is 6.77. The van der Waals surface area contributed by atoms with Gasteiger partial charge >= 0.3 is 0 Å². The summed E-state index contributed by atoms with van der Waals surface area (Å²) in [6.45, 7) is 0. The molecule has 5 nitrogen and oxygen atoms in total. The van der Waals surface area contributed by atoms with Crippen molar-refractivity contribution >= 4 is 18.4 Å². The molecule has 0 amide bonds. The van der Waals surface area contributed by atoms with Crippen LogP contribution in [0.4, 0.5) is 0 Å². The fourth-order valence-electron chi connectivity index (χ4n) is 0.340. The number of nitrogen functional groups attached to an aromatic ring is 1. The molecule has 1 rings (SSSR count). The van der Waals surface area contributed by atoms with Crippen LogP contribution in [0.1, 0.15) is 0 Å². The molecule has 0 aliphatic rings. The molecule has 0 unspecified atom stereocenters. The molecule has 0 atom stereocenters. The van der Waals surface area contributed by atoms with Crippen LogP contribution in [0.3, 0.4) is 0 Å². The van der Waals surface area contributed by atoms with E-state index in [9.17, 15) is 0 Å². The second-order valence-electron chi connectivity index (χ2n) is 1.20. The molecule has 1 aromatic heterocycles. The highest BCUT2D eigenvalue weighted by Gasteiger charge is 1.89. The first-order valence-electron chi connectivity index (χ1n) is 2.01. The van der Waals surface area contributed by atoms with Gasteiger partial charge in [0.1, 0.15) is 0 Å². The summed E-state index contributed by atoms with van der Waals surface area (Å²) < 4.78 is 0. The normalized spacial score (nSPS) is 8.00. The minimum atomic E-state index is -0.171. The van der Waals surface area contributed by atoms with E-state index in [1.807, 2.05) is 0 Å². The molecule has 0 bridgehead atoms. The number of hydrogen-bond donors (Lipinski definition) is 2. The Morgan fingerprint density at radius 1 is 1.44 bits per heavy atom. The zero-order valence-electron chi connectivity index (χ0n) is 4.48. The highest BCUT2D eigenvalue weighted by molar-refractivity contribution is 5.85. The molecule has 0 aromatic carbocycles. The van der Waals surface area contributed by atoms with Crippen molar-refractivity contribution in [3.63, 3.8) is 0 Å². The second kappa shape index (κ2) is 3.03. The van der Waals surface area contributed by atoms with Gasteiger partial charge in [0.2, 0.25) is 5.96 Å². The molecular formula is C3H6ClN5. The van der Waals surface area contributed by atoms with Gasteiger partial charge in [-0.15, -0.1) is 17.2 Å². The van der Waals surface area contributed by atoms with E-state index in [2.05, 4.69) is 10.2 Å². The number of hydrogen-bond acceptors (Lipinski definition) is 3. The first-order valence-corrected chi connectivity index (χ1v) is 2.01. The largest absolute Gasteiger partial charge is 0.367 e. The van der Waals surface area contributed by atoms with Gasteiger partial charge in [0.15, 0.2) is 0 Å². The fourth-order valence-corrected chi connectivity index (χ4v) is 0.340. The van der Waals surface area contributed by atoms with Crippen molar-refractivity contribution in [3.05, 3.63) is 12.4 Å². The lowest BCUT2D eigenvalue weighted by Gasteiger charge is -1.88. The SMILES string of the molecule is Cl.N=C(N)n1nccn1. The van der Waals surface area contributed by atoms with E-state index < -0.39 is 0 Å². The van der Waals surface area contributed by atoms with Crippen LogP contribution in [-0.2, 0) is 0 Å². The van der Waals surface area contributed by atoms with Crippen LogP contribution in [-0.4, -0.2) is 21.0 Å². The molecule has 9 heavy (non-hydrogen) atoms. The van der Waals surface area contributed by atoms with Crippen molar-refractivity contribution < 1.29 is 0 Å². The van der Waals surface area contributed by atoms with E-state index in [1.54, 1.807) is 0 Å². The fraction of sp³-hybridized carbons (Fsp3) is 0. The third-order valence-electron chi connectivity index (χ3n) is 0.634. The molecule has 6 heteroatoms. The Labute approximate surface area is 57.8 Å². The predicted octanol–water partition coefficient (Wildman–Crippen LogP) is -0.559. The lowest BCUT2D eigenvalue weighted by Crippen LogP contribution is -2.22. The van der Waals surface area contributed by atoms with Crippen molar-refractivity contribution in [1.29, 1.82) is 5.41 Å². The van der Waals surface area contributed by atoms with Crippen molar-refractivity contribution in [2.75, 3.05) is 0 Å². The molecule has 1 aromatic rings. The van der Waals surface area contributed by atoms with Crippen LogP contribution in [0, 0.1) is 5.41 Å². The average molecular weight is 148 g/mol. The summed E-state index contributed by atoms with van der Waals surface area (Å²) in [6.07, 6.45) is 2.92. The quantitative estimate of drug-likeness (QED) is 0.381. The van der Waals surface area contributed by atoms with Gasteiger partial charge in [-0.1, -0.05) is 0 Å². The molecule has 0 fully saturated rings. The van der Waals surface area contributed by atoms with Crippen LogP contribution in [0.15, 0.2) is 12.4 Å². The summed E-state index contributed by atoms with van der Waals surface area (Å²) in [5.74, 6) is -0.171. The third kappa shape index (κ3) is 1.69. The van der Waals surface area contributed by atoms with Crippen molar-refractivity contribution in [3.8, 4) is 0 Å². The summed E-state index contributed by atoms with van der Waals surface area (Å²) in [6, 6.07) is 0. The lowest BCUT2D eigenvalue weighted by atomic mass is 11.0. The smallest absolute Gasteiger partial charge is 0.232 e. The predicted molar refractivity (Wildman–Crippen MR) is 34.6 cm³/mol. The highest BCUT2D eigenvalue weighted by Crippen LogP contribution is 1.69. The van der Waals surface area contributed by atoms with Gasteiger partial charge in [0.25, 0.3) is 0 Å². The van der Waals surface area contributed by atoms with Crippen molar-refractivity contribution in [1.82, 2.24) is 15.0 Å². The highest BCUT2D eigenvalue weighted by atomic mass is 35.5. The standard InChI is InChI=1S/C3H5N5.ClH/c4-3(5)8-6-1-2-7-8;/h1-2H,(H3,4,5);1H. The molecule has 0 saturated heterocycles. The summed E-state index contributed by atoms with van der Waals surface area (Å²) in [5, 5.41) is 13.9. The van der Waals surface area contributed by atoms with Gasteiger partial charge in [0.05, 0.1) is 12.4 Å². The van der Waals surface area contributed by atoms with E-state index in [4.69, 9.17) is 11.1 Å². The van der Waals surface area contributed by atoms with Crippen LogP contribution < -0.4 is 5.73 Å². The Hall–Kier alpha value is -1.10. The Bertz CT molecular complexity index is 180. The molecule has 0 aliphatic carbocycles. The van der Waals surface area contributed by atoms with E-state index in [1.165, 1.54) is 12.4 Å². The number of nitrogens with two attached hydrogens (primary N) is 1.